The van der Waals surface area contributed by atoms with Crippen LogP contribution in [0, 0.1) is 0 Å². The summed E-state index contributed by atoms with van der Waals surface area (Å²) in [6.07, 6.45) is -4.39. The van der Waals surface area contributed by atoms with Crippen LogP contribution >= 0.6 is 0 Å². The van der Waals surface area contributed by atoms with Crippen molar-refractivity contribution in [2.24, 2.45) is 0 Å². The van der Waals surface area contributed by atoms with Gasteiger partial charge in [0, 0.05) is 0 Å². The summed E-state index contributed by atoms with van der Waals surface area (Å²) in [4.78, 5) is 44.3. The number of fused-ring (bicyclic) bond motifs is 2. The highest BCUT2D eigenvalue weighted by molar-refractivity contribution is 5.71. The summed E-state index contributed by atoms with van der Waals surface area (Å²) in [7, 11) is 0. The molecule has 170 valence electrons. The second-order valence-corrected chi connectivity index (χ2v) is 7.16. The van der Waals surface area contributed by atoms with Gasteiger partial charge in [-0.3, -0.25) is 19.6 Å². The van der Waals surface area contributed by atoms with E-state index in [1.807, 2.05) is 0 Å². The van der Waals surface area contributed by atoms with Gasteiger partial charge in [-0.2, -0.15) is 9.97 Å². The average molecular weight is 448 g/mol. The molecule has 0 aromatic carbocycles. The van der Waals surface area contributed by atoms with Crippen LogP contribution in [0.25, 0.3) is 22.3 Å². The van der Waals surface area contributed by atoms with E-state index in [4.69, 9.17) is 11.5 Å². The lowest BCUT2D eigenvalue weighted by Crippen LogP contribution is -2.47. The molecule has 0 aliphatic heterocycles. The van der Waals surface area contributed by atoms with Crippen molar-refractivity contribution in [3.8, 4) is 0 Å². The monoisotopic (exact) mass is 448 g/mol. The highest BCUT2D eigenvalue weighted by Crippen LogP contribution is 2.14. The van der Waals surface area contributed by atoms with Crippen molar-refractivity contribution in [2.75, 3.05) is 11.5 Å². The second-order valence-electron chi connectivity index (χ2n) is 7.16. The first-order valence-electron chi connectivity index (χ1n) is 9.29. The minimum atomic E-state index is -1.81. The third-order valence-corrected chi connectivity index (χ3v) is 4.91. The largest absolute Gasteiger partial charge is 0.388 e. The van der Waals surface area contributed by atoms with Gasteiger partial charge in [-0.15, -0.1) is 0 Å². The number of hydrogen-bond acceptors (Lipinski definition) is 12. The number of aliphatic hydroxyl groups excluding tert-OH is 4. The topological polar surface area (TPSA) is 260 Å². The summed E-state index contributed by atoms with van der Waals surface area (Å²) in [5.41, 5.74) is 9.83. The van der Waals surface area contributed by atoms with Crippen LogP contribution < -0.4 is 22.6 Å². The Kier molecular flexibility index (Phi) is 5.35. The lowest BCUT2D eigenvalue weighted by atomic mass is 10.0. The molecule has 0 saturated carbocycles. The fourth-order valence-corrected chi connectivity index (χ4v) is 3.36. The number of nitrogen functional groups attached to an aromatic ring is 2. The van der Waals surface area contributed by atoms with E-state index in [1.165, 1.54) is 21.8 Å². The number of aromatic nitrogens is 8. The number of aromatic amines is 2. The van der Waals surface area contributed by atoms with Crippen molar-refractivity contribution in [1.29, 1.82) is 0 Å². The molecule has 0 unspecified atom stereocenters. The molecular formula is C16H20N10O6. The summed E-state index contributed by atoms with van der Waals surface area (Å²) < 4.78 is 2.46. The molecule has 16 heteroatoms. The third-order valence-electron chi connectivity index (χ3n) is 4.91. The summed E-state index contributed by atoms with van der Waals surface area (Å²) in [5.74, 6) is -0.258. The normalized spacial score (nSPS) is 15.8. The molecule has 4 atom stereocenters. The average Bonchev–Trinajstić information content (AvgIpc) is 3.30. The Hall–Kier alpha value is -3.86. The molecular weight excluding hydrogens is 428 g/mol. The number of rotatable bonds is 7. The maximum absolute atomic E-state index is 12.1. The molecule has 4 rings (SSSR count). The fraction of sp³-hybridized carbons (Fsp3) is 0.375. The van der Waals surface area contributed by atoms with Gasteiger partial charge < -0.3 is 41.0 Å². The van der Waals surface area contributed by atoms with E-state index < -0.39 is 35.5 Å². The molecule has 4 aromatic rings. The summed E-state index contributed by atoms with van der Waals surface area (Å²) in [6, 6.07) is 0. The Labute approximate surface area is 176 Å². The van der Waals surface area contributed by atoms with Gasteiger partial charge in [0.15, 0.2) is 22.3 Å². The van der Waals surface area contributed by atoms with Gasteiger partial charge in [-0.25, -0.2) is 9.97 Å². The van der Waals surface area contributed by atoms with Crippen molar-refractivity contribution in [2.45, 2.75) is 37.5 Å². The predicted octanol–water partition coefficient (Wildman–Crippen LogP) is -4.14. The van der Waals surface area contributed by atoms with Crippen LogP contribution in [-0.4, -0.2) is 83.9 Å². The second kappa shape index (κ2) is 8.00. The minimum absolute atomic E-state index is 0.0105. The van der Waals surface area contributed by atoms with Crippen LogP contribution in [0.4, 0.5) is 11.9 Å². The number of nitrogens with zero attached hydrogens (tertiary/aromatic N) is 6. The van der Waals surface area contributed by atoms with Gasteiger partial charge in [0.05, 0.1) is 25.7 Å². The smallest absolute Gasteiger partial charge is 0.278 e. The molecule has 0 amide bonds. The van der Waals surface area contributed by atoms with E-state index in [1.54, 1.807) is 0 Å². The number of aliphatic hydroxyl groups is 4. The van der Waals surface area contributed by atoms with E-state index in [0.717, 1.165) is 0 Å². The molecule has 0 bridgehead atoms. The summed E-state index contributed by atoms with van der Waals surface area (Å²) in [5, 5.41) is 41.4. The molecule has 4 heterocycles. The first-order valence-corrected chi connectivity index (χ1v) is 9.29. The molecule has 10 N–H and O–H groups in total. The van der Waals surface area contributed by atoms with Crippen molar-refractivity contribution in [1.82, 2.24) is 39.0 Å². The highest BCUT2D eigenvalue weighted by Gasteiger charge is 2.31. The first-order chi connectivity index (χ1) is 15.2. The molecule has 0 saturated heterocycles. The number of nitrogens with one attached hydrogen (secondary N) is 2. The summed E-state index contributed by atoms with van der Waals surface area (Å²) >= 11 is 0. The standard InChI is InChI=1S/C16H20N10O6/c17-15-21-11-7(13(31)23-15)25(3-19-11)1-5(27)9(29)10(30)6(28)2-26-4-20-12-8(26)14(32)24-16(18)22-12/h3-6,9-10,27-30H,1-2H2,(H3,17,21,23,31)(H3,18,22,24,32)/t5-,6+,9+,10-. The lowest BCUT2D eigenvalue weighted by Gasteiger charge is -2.27. The van der Waals surface area contributed by atoms with E-state index >= 15 is 0 Å². The van der Waals surface area contributed by atoms with Gasteiger partial charge in [0.2, 0.25) is 11.9 Å². The molecule has 4 aromatic heterocycles. The van der Waals surface area contributed by atoms with Crippen molar-refractivity contribution in [3.63, 3.8) is 0 Å². The summed E-state index contributed by atoms with van der Waals surface area (Å²) in [6.45, 7) is -0.681. The number of hydrogen-bond donors (Lipinski definition) is 8. The highest BCUT2D eigenvalue weighted by atomic mass is 16.4. The Balaban J connectivity index is 1.49. The van der Waals surface area contributed by atoms with Crippen LogP contribution in [-0.2, 0) is 13.1 Å². The Morgan fingerprint density at radius 1 is 0.781 bits per heavy atom. The Morgan fingerprint density at radius 2 is 1.16 bits per heavy atom. The third kappa shape index (κ3) is 3.78. The van der Waals surface area contributed by atoms with Crippen LogP contribution in [0.3, 0.4) is 0 Å². The number of nitrogens with two attached hydrogens (primary N) is 2. The van der Waals surface area contributed by atoms with E-state index in [-0.39, 0.29) is 47.3 Å². The van der Waals surface area contributed by atoms with Crippen molar-refractivity contribution in [3.05, 3.63) is 33.4 Å². The van der Waals surface area contributed by atoms with E-state index in [0.29, 0.717) is 0 Å². The minimum Gasteiger partial charge on any atom is -0.388 e. The van der Waals surface area contributed by atoms with Crippen molar-refractivity contribution >= 4 is 34.2 Å². The molecule has 32 heavy (non-hydrogen) atoms. The quantitative estimate of drug-likeness (QED) is 0.134. The van der Waals surface area contributed by atoms with Crippen LogP contribution in [0.2, 0.25) is 0 Å². The van der Waals surface area contributed by atoms with Gasteiger partial charge in [0.25, 0.3) is 11.1 Å². The molecule has 0 fully saturated rings. The molecule has 0 aliphatic rings. The Bertz CT molecular complexity index is 1280. The molecule has 0 spiro atoms. The fourth-order valence-electron chi connectivity index (χ4n) is 3.36. The molecule has 0 radical (unpaired) electrons. The molecule has 16 nitrogen and oxygen atoms in total. The van der Waals surface area contributed by atoms with E-state index in [2.05, 4.69) is 29.9 Å². The predicted molar refractivity (Wildman–Crippen MR) is 109 cm³/mol. The number of H-pyrrole nitrogens is 2. The van der Waals surface area contributed by atoms with Gasteiger partial charge >= 0.3 is 0 Å². The zero-order chi connectivity index (χ0) is 23.2. The maximum Gasteiger partial charge on any atom is 0.278 e. The van der Waals surface area contributed by atoms with Crippen molar-refractivity contribution < 1.29 is 20.4 Å². The van der Waals surface area contributed by atoms with Gasteiger partial charge in [-0.1, -0.05) is 0 Å². The van der Waals surface area contributed by atoms with Gasteiger partial charge in [0.1, 0.15) is 24.4 Å². The Morgan fingerprint density at radius 3 is 1.53 bits per heavy atom. The zero-order valence-electron chi connectivity index (χ0n) is 16.3. The maximum atomic E-state index is 12.1. The molecule has 0 aliphatic carbocycles. The van der Waals surface area contributed by atoms with Crippen LogP contribution in [0.5, 0.6) is 0 Å². The number of anilines is 2. The lowest BCUT2D eigenvalue weighted by molar-refractivity contribution is -0.111. The SMILES string of the molecule is Nc1nc2ncn(C[C@@H](O)[C@H](O)[C@H](O)[C@@H](O)Cn3cnc4nc(N)[nH]c(=O)c43)c2c(=O)[nH]1. The van der Waals surface area contributed by atoms with Crippen LogP contribution in [0.1, 0.15) is 0 Å². The van der Waals surface area contributed by atoms with Gasteiger partial charge in [-0.05, 0) is 0 Å². The van der Waals surface area contributed by atoms with Crippen LogP contribution in [0.15, 0.2) is 22.2 Å². The number of imidazole rings is 2. The van der Waals surface area contributed by atoms with E-state index in [9.17, 15) is 30.0 Å². The first kappa shape index (κ1) is 21.4. The zero-order valence-corrected chi connectivity index (χ0v) is 16.3.